The predicted molar refractivity (Wildman–Crippen MR) is 83.0 cm³/mol. The van der Waals surface area contributed by atoms with Crippen LogP contribution in [0.25, 0.3) is 0 Å². The third kappa shape index (κ3) is 4.04. The molecule has 0 aliphatic heterocycles. The first-order chi connectivity index (χ1) is 9.12. The molecule has 1 heterocycles. The summed E-state index contributed by atoms with van der Waals surface area (Å²) in [5.41, 5.74) is 0. The van der Waals surface area contributed by atoms with E-state index >= 15 is 0 Å². The van der Waals surface area contributed by atoms with E-state index in [2.05, 4.69) is 24.0 Å². The van der Waals surface area contributed by atoms with Crippen LogP contribution in [0, 0.1) is 0 Å². The summed E-state index contributed by atoms with van der Waals surface area (Å²) in [6.45, 7) is 4.33. The van der Waals surface area contributed by atoms with Gasteiger partial charge < -0.3 is 0 Å². The molecule has 0 N–H and O–H groups in total. The standard InChI is InChI=1S/C15H25BN2S/c1-12(2)13-17-18-14(19-13)15(16)10-8-6-4-3-5-7-9-11-15/h12H,3-11H2,1-2H3. The van der Waals surface area contributed by atoms with Crippen molar-refractivity contribution in [1.29, 1.82) is 0 Å². The molecule has 1 aliphatic rings. The zero-order valence-electron chi connectivity index (χ0n) is 12.3. The SMILES string of the molecule is [B]C1(c2nnc(C(C)C)s2)CCCCCCCCC1. The normalized spacial score (nSPS) is 21.4. The molecule has 0 atom stereocenters. The summed E-state index contributed by atoms with van der Waals surface area (Å²) >= 11 is 1.73. The van der Waals surface area contributed by atoms with Gasteiger partial charge in [0.15, 0.2) is 0 Å². The van der Waals surface area contributed by atoms with Crippen LogP contribution in [-0.2, 0) is 5.31 Å². The molecule has 1 aromatic rings. The lowest BCUT2D eigenvalue weighted by Crippen LogP contribution is -2.27. The highest BCUT2D eigenvalue weighted by atomic mass is 32.1. The monoisotopic (exact) mass is 276 g/mol. The molecule has 0 amide bonds. The maximum Gasteiger partial charge on any atom is 0.119 e. The zero-order valence-corrected chi connectivity index (χ0v) is 13.1. The topological polar surface area (TPSA) is 25.8 Å². The fourth-order valence-corrected chi connectivity index (χ4v) is 3.78. The van der Waals surface area contributed by atoms with Crippen molar-refractivity contribution in [1.82, 2.24) is 10.2 Å². The molecule has 1 fully saturated rings. The molecule has 2 radical (unpaired) electrons. The van der Waals surface area contributed by atoms with E-state index in [4.69, 9.17) is 7.85 Å². The number of hydrogen-bond donors (Lipinski definition) is 0. The lowest BCUT2D eigenvalue weighted by atomic mass is 9.63. The second-order valence-corrected chi connectivity index (χ2v) is 7.24. The minimum absolute atomic E-state index is 0.220. The summed E-state index contributed by atoms with van der Waals surface area (Å²) in [5, 5.41) is 10.7. The van der Waals surface area contributed by atoms with Crippen molar-refractivity contribution in [3.63, 3.8) is 0 Å². The minimum Gasteiger partial charge on any atom is -0.144 e. The van der Waals surface area contributed by atoms with E-state index < -0.39 is 0 Å². The van der Waals surface area contributed by atoms with Gasteiger partial charge in [-0.05, 0) is 18.2 Å². The molecule has 0 unspecified atom stereocenters. The summed E-state index contributed by atoms with van der Waals surface area (Å²) in [7, 11) is 6.69. The van der Waals surface area contributed by atoms with Gasteiger partial charge in [-0.15, -0.1) is 21.5 Å². The van der Waals surface area contributed by atoms with Crippen LogP contribution in [0.4, 0.5) is 0 Å². The van der Waals surface area contributed by atoms with Crippen molar-refractivity contribution in [2.24, 2.45) is 0 Å². The van der Waals surface area contributed by atoms with E-state index in [0.717, 1.165) is 22.9 Å². The van der Waals surface area contributed by atoms with Gasteiger partial charge in [0.05, 0.1) is 7.85 Å². The Kier molecular flexibility index (Phi) is 5.43. The van der Waals surface area contributed by atoms with Crippen LogP contribution in [-0.4, -0.2) is 18.0 Å². The second-order valence-electron chi connectivity index (χ2n) is 6.23. The first kappa shape index (κ1) is 15.0. The first-order valence-corrected chi connectivity index (χ1v) is 8.56. The van der Waals surface area contributed by atoms with Crippen LogP contribution < -0.4 is 0 Å². The largest absolute Gasteiger partial charge is 0.144 e. The van der Waals surface area contributed by atoms with E-state index in [1.54, 1.807) is 11.3 Å². The molecule has 1 aromatic heterocycles. The Morgan fingerprint density at radius 3 is 1.95 bits per heavy atom. The number of aromatic nitrogens is 2. The average molecular weight is 276 g/mol. The number of rotatable bonds is 2. The maximum absolute atomic E-state index is 6.69. The second kappa shape index (κ2) is 6.87. The van der Waals surface area contributed by atoms with Gasteiger partial charge in [0.25, 0.3) is 0 Å². The Labute approximate surface area is 122 Å². The lowest BCUT2D eigenvalue weighted by molar-refractivity contribution is 0.422. The Balaban J connectivity index is 2.10. The molecule has 0 saturated heterocycles. The molecule has 104 valence electrons. The maximum atomic E-state index is 6.69. The average Bonchev–Trinajstić information content (AvgIpc) is 2.88. The fraction of sp³-hybridized carbons (Fsp3) is 0.867. The van der Waals surface area contributed by atoms with Gasteiger partial charge in [0.2, 0.25) is 0 Å². The van der Waals surface area contributed by atoms with Crippen LogP contribution in [0.15, 0.2) is 0 Å². The molecule has 2 rings (SSSR count). The van der Waals surface area contributed by atoms with E-state index in [9.17, 15) is 0 Å². The molecule has 0 bridgehead atoms. The zero-order chi connectivity index (χ0) is 13.7. The van der Waals surface area contributed by atoms with Gasteiger partial charge in [-0.25, -0.2) is 0 Å². The van der Waals surface area contributed by atoms with Crippen LogP contribution in [0.3, 0.4) is 0 Å². The van der Waals surface area contributed by atoms with Crippen molar-refractivity contribution >= 4 is 19.2 Å². The summed E-state index contributed by atoms with van der Waals surface area (Å²) in [5.74, 6) is 0.453. The van der Waals surface area contributed by atoms with Gasteiger partial charge in [-0.1, -0.05) is 58.8 Å². The quantitative estimate of drug-likeness (QED) is 0.740. The van der Waals surface area contributed by atoms with Crippen LogP contribution >= 0.6 is 11.3 Å². The van der Waals surface area contributed by atoms with E-state index in [1.165, 1.54) is 44.9 Å². The summed E-state index contributed by atoms with van der Waals surface area (Å²) < 4.78 is 0. The molecule has 19 heavy (non-hydrogen) atoms. The smallest absolute Gasteiger partial charge is 0.119 e. The Bertz CT molecular complexity index is 379. The van der Waals surface area contributed by atoms with E-state index in [-0.39, 0.29) is 5.31 Å². The van der Waals surface area contributed by atoms with E-state index in [1.807, 2.05) is 0 Å². The molecule has 2 nitrogen and oxygen atoms in total. The highest BCUT2D eigenvalue weighted by molar-refractivity contribution is 7.11. The summed E-state index contributed by atoms with van der Waals surface area (Å²) in [6.07, 6.45) is 11.4. The van der Waals surface area contributed by atoms with Crippen molar-refractivity contribution in [2.75, 3.05) is 0 Å². The van der Waals surface area contributed by atoms with Crippen molar-refractivity contribution < 1.29 is 0 Å². The molecule has 0 aromatic carbocycles. The number of hydrogen-bond acceptors (Lipinski definition) is 3. The highest BCUT2D eigenvalue weighted by Crippen LogP contribution is 2.36. The van der Waals surface area contributed by atoms with Gasteiger partial charge >= 0.3 is 0 Å². The van der Waals surface area contributed by atoms with Crippen molar-refractivity contribution in [2.45, 2.75) is 82.9 Å². The molecular weight excluding hydrogens is 251 g/mol. The Morgan fingerprint density at radius 1 is 0.947 bits per heavy atom. The minimum atomic E-state index is -0.220. The van der Waals surface area contributed by atoms with E-state index in [0.29, 0.717) is 5.92 Å². The summed E-state index contributed by atoms with van der Waals surface area (Å²) in [4.78, 5) is 0. The van der Waals surface area contributed by atoms with Gasteiger partial charge in [0.1, 0.15) is 10.0 Å². The molecular formula is C15H25BN2S. The third-order valence-corrected chi connectivity index (χ3v) is 5.55. The van der Waals surface area contributed by atoms with Crippen LogP contribution in [0.2, 0.25) is 0 Å². The van der Waals surface area contributed by atoms with Crippen LogP contribution in [0.1, 0.15) is 87.6 Å². The lowest BCUT2D eigenvalue weighted by Gasteiger charge is -2.28. The van der Waals surface area contributed by atoms with Crippen molar-refractivity contribution in [3.05, 3.63) is 10.0 Å². The summed E-state index contributed by atoms with van der Waals surface area (Å²) in [6, 6.07) is 0. The van der Waals surface area contributed by atoms with Gasteiger partial charge in [-0.3, -0.25) is 0 Å². The van der Waals surface area contributed by atoms with Crippen LogP contribution in [0.5, 0.6) is 0 Å². The van der Waals surface area contributed by atoms with Gasteiger partial charge in [0, 0.05) is 5.92 Å². The molecule has 1 aliphatic carbocycles. The number of nitrogens with zero attached hydrogens (tertiary/aromatic N) is 2. The van der Waals surface area contributed by atoms with Gasteiger partial charge in [-0.2, -0.15) is 0 Å². The Morgan fingerprint density at radius 2 is 1.47 bits per heavy atom. The predicted octanol–water partition coefficient (Wildman–Crippen LogP) is 4.55. The van der Waals surface area contributed by atoms with Crippen molar-refractivity contribution in [3.8, 4) is 0 Å². The highest BCUT2D eigenvalue weighted by Gasteiger charge is 2.29. The Hall–Kier alpha value is -0.375. The third-order valence-electron chi connectivity index (χ3n) is 4.11. The molecule has 4 heteroatoms. The fourth-order valence-electron chi connectivity index (χ4n) is 2.77. The molecule has 1 saturated carbocycles. The first-order valence-electron chi connectivity index (χ1n) is 7.74. The molecule has 0 spiro atoms.